The van der Waals surface area contributed by atoms with Gasteiger partial charge in [0.25, 0.3) is 0 Å². The van der Waals surface area contributed by atoms with Crippen LogP contribution in [0.25, 0.3) is 0 Å². The zero-order valence-electron chi connectivity index (χ0n) is 8.62. The van der Waals surface area contributed by atoms with E-state index in [0.717, 1.165) is 0 Å². The Morgan fingerprint density at radius 2 is 2.20 bits per heavy atom. The molecular formula is C10H14FNO3. The van der Waals surface area contributed by atoms with E-state index < -0.39 is 17.6 Å². The molecule has 1 unspecified atom stereocenters. The van der Waals surface area contributed by atoms with Crippen molar-refractivity contribution in [1.82, 2.24) is 0 Å². The number of phenolic OH excluding ortho intramolecular Hbond substituents is 1. The first-order valence-corrected chi connectivity index (χ1v) is 4.45. The number of hydrogen-bond acceptors (Lipinski definition) is 4. The number of methoxy groups -OCH3 is 1. The van der Waals surface area contributed by atoms with Gasteiger partial charge in [0.05, 0.1) is 19.8 Å². The van der Waals surface area contributed by atoms with Gasteiger partial charge in [0, 0.05) is 5.56 Å². The zero-order chi connectivity index (χ0) is 11.6. The molecule has 0 aromatic heterocycles. The van der Waals surface area contributed by atoms with Crippen molar-refractivity contribution in [3.05, 3.63) is 23.0 Å². The Balaban J connectivity index is 3.38. The quantitative estimate of drug-likeness (QED) is 0.698. The molecule has 5 heteroatoms. The standard InChI is InChI=1S/C10H14FNO3/c1-5-3-6(7(12)4-13)10(15-2)8(11)9(5)14/h3,7,13-14H,4,12H2,1-2H3. The van der Waals surface area contributed by atoms with Crippen LogP contribution in [-0.4, -0.2) is 23.9 Å². The van der Waals surface area contributed by atoms with Gasteiger partial charge < -0.3 is 20.7 Å². The van der Waals surface area contributed by atoms with Crippen LogP contribution in [0.2, 0.25) is 0 Å². The molecule has 1 aromatic rings. The molecule has 0 aliphatic heterocycles. The lowest BCUT2D eigenvalue weighted by Crippen LogP contribution is -2.16. The molecular weight excluding hydrogens is 201 g/mol. The molecule has 1 aromatic carbocycles. The number of aliphatic hydroxyl groups is 1. The highest BCUT2D eigenvalue weighted by molar-refractivity contribution is 5.48. The summed E-state index contributed by atoms with van der Waals surface area (Å²) in [6.07, 6.45) is 0. The van der Waals surface area contributed by atoms with E-state index in [9.17, 15) is 9.50 Å². The van der Waals surface area contributed by atoms with E-state index in [1.165, 1.54) is 13.2 Å². The number of nitrogens with two attached hydrogens (primary N) is 1. The second kappa shape index (κ2) is 4.46. The van der Waals surface area contributed by atoms with Gasteiger partial charge in [-0.2, -0.15) is 4.39 Å². The third-order valence-electron chi connectivity index (χ3n) is 2.22. The van der Waals surface area contributed by atoms with Crippen molar-refractivity contribution in [3.8, 4) is 11.5 Å². The fraction of sp³-hybridized carbons (Fsp3) is 0.400. The summed E-state index contributed by atoms with van der Waals surface area (Å²) in [4.78, 5) is 0. The van der Waals surface area contributed by atoms with Gasteiger partial charge >= 0.3 is 0 Å². The van der Waals surface area contributed by atoms with Gasteiger partial charge in [-0.1, -0.05) is 0 Å². The molecule has 1 atom stereocenters. The average molecular weight is 215 g/mol. The van der Waals surface area contributed by atoms with Gasteiger partial charge in [-0.3, -0.25) is 0 Å². The monoisotopic (exact) mass is 215 g/mol. The Kier molecular flexibility index (Phi) is 3.49. The molecule has 0 saturated carbocycles. The Bertz CT molecular complexity index is 368. The minimum Gasteiger partial charge on any atom is -0.505 e. The summed E-state index contributed by atoms with van der Waals surface area (Å²) in [5.74, 6) is -1.43. The number of aliphatic hydroxyl groups excluding tert-OH is 1. The molecule has 0 fully saturated rings. The Labute approximate surface area is 87.1 Å². The first-order valence-electron chi connectivity index (χ1n) is 4.45. The maximum absolute atomic E-state index is 13.5. The summed E-state index contributed by atoms with van der Waals surface area (Å²) >= 11 is 0. The SMILES string of the molecule is COc1c(C(N)CO)cc(C)c(O)c1F. The Hall–Kier alpha value is -1.33. The topological polar surface area (TPSA) is 75.7 Å². The van der Waals surface area contributed by atoms with E-state index in [1.54, 1.807) is 6.92 Å². The van der Waals surface area contributed by atoms with E-state index in [2.05, 4.69) is 0 Å². The van der Waals surface area contributed by atoms with Gasteiger partial charge in [-0.25, -0.2) is 0 Å². The van der Waals surface area contributed by atoms with Gasteiger partial charge in [0.2, 0.25) is 5.82 Å². The van der Waals surface area contributed by atoms with Crippen molar-refractivity contribution >= 4 is 0 Å². The molecule has 0 spiro atoms. The normalized spacial score (nSPS) is 12.6. The molecule has 0 amide bonds. The number of phenols is 1. The second-order valence-corrected chi connectivity index (χ2v) is 3.27. The molecule has 0 heterocycles. The van der Waals surface area contributed by atoms with Crippen molar-refractivity contribution in [2.75, 3.05) is 13.7 Å². The summed E-state index contributed by atoms with van der Waals surface area (Å²) in [6.45, 7) is 1.23. The summed E-state index contributed by atoms with van der Waals surface area (Å²) in [5, 5.41) is 18.2. The lowest BCUT2D eigenvalue weighted by molar-refractivity contribution is 0.262. The second-order valence-electron chi connectivity index (χ2n) is 3.27. The fourth-order valence-corrected chi connectivity index (χ4v) is 1.36. The van der Waals surface area contributed by atoms with Gasteiger partial charge in [0.15, 0.2) is 11.5 Å². The van der Waals surface area contributed by atoms with E-state index in [-0.39, 0.29) is 12.4 Å². The molecule has 0 saturated heterocycles. The third kappa shape index (κ3) is 2.03. The maximum atomic E-state index is 13.5. The summed E-state index contributed by atoms with van der Waals surface area (Å²) < 4.78 is 18.3. The molecule has 0 aliphatic carbocycles. The Morgan fingerprint density at radius 1 is 1.60 bits per heavy atom. The van der Waals surface area contributed by atoms with Crippen molar-refractivity contribution in [1.29, 1.82) is 0 Å². The predicted octanol–water partition coefficient (Wildman–Crippen LogP) is 0.840. The number of hydrogen-bond donors (Lipinski definition) is 3. The number of halogens is 1. The minimum absolute atomic E-state index is 0.125. The van der Waals surface area contributed by atoms with Crippen LogP contribution >= 0.6 is 0 Å². The van der Waals surface area contributed by atoms with Crippen molar-refractivity contribution in [3.63, 3.8) is 0 Å². The first-order chi connectivity index (χ1) is 7.02. The Morgan fingerprint density at radius 3 is 2.67 bits per heavy atom. The van der Waals surface area contributed by atoms with Crippen LogP contribution in [-0.2, 0) is 0 Å². The molecule has 0 radical (unpaired) electrons. The summed E-state index contributed by atoms with van der Waals surface area (Å²) in [7, 11) is 1.28. The van der Waals surface area contributed by atoms with E-state index in [4.69, 9.17) is 15.6 Å². The number of rotatable bonds is 3. The summed E-state index contributed by atoms with van der Waals surface area (Å²) in [5.41, 5.74) is 6.27. The first kappa shape index (κ1) is 11.7. The number of ether oxygens (including phenoxy) is 1. The van der Waals surface area contributed by atoms with Gasteiger partial charge in [-0.05, 0) is 18.6 Å². The molecule has 0 aliphatic rings. The highest BCUT2D eigenvalue weighted by Gasteiger charge is 2.20. The van der Waals surface area contributed by atoms with E-state index in [1.807, 2.05) is 0 Å². The number of benzene rings is 1. The zero-order valence-corrected chi connectivity index (χ0v) is 8.62. The number of aromatic hydroxyl groups is 1. The van der Waals surface area contributed by atoms with E-state index >= 15 is 0 Å². The molecule has 84 valence electrons. The highest BCUT2D eigenvalue weighted by atomic mass is 19.1. The van der Waals surface area contributed by atoms with Gasteiger partial charge in [0.1, 0.15) is 0 Å². The lowest BCUT2D eigenvalue weighted by atomic mass is 10.0. The van der Waals surface area contributed by atoms with Gasteiger partial charge in [-0.15, -0.1) is 0 Å². The van der Waals surface area contributed by atoms with Crippen LogP contribution < -0.4 is 10.5 Å². The van der Waals surface area contributed by atoms with Crippen molar-refractivity contribution < 1.29 is 19.3 Å². The predicted molar refractivity (Wildman–Crippen MR) is 53.4 cm³/mol. The largest absolute Gasteiger partial charge is 0.505 e. The third-order valence-corrected chi connectivity index (χ3v) is 2.22. The fourth-order valence-electron chi connectivity index (χ4n) is 1.36. The van der Waals surface area contributed by atoms with Crippen LogP contribution in [0.4, 0.5) is 4.39 Å². The summed E-state index contributed by atoms with van der Waals surface area (Å²) in [6, 6.07) is 0.770. The van der Waals surface area contributed by atoms with Crippen LogP contribution in [0.3, 0.4) is 0 Å². The lowest BCUT2D eigenvalue weighted by Gasteiger charge is -2.16. The van der Waals surface area contributed by atoms with Crippen LogP contribution in [0.1, 0.15) is 17.2 Å². The molecule has 0 bridgehead atoms. The molecule has 1 rings (SSSR count). The van der Waals surface area contributed by atoms with Crippen LogP contribution in [0.15, 0.2) is 6.07 Å². The van der Waals surface area contributed by atoms with Crippen molar-refractivity contribution in [2.45, 2.75) is 13.0 Å². The van der Waals surface area contributed by atoms with E-state index in [0.29, 0.717) is 11.1 Å². The minimum atomic E-state index is -0.851. The highest BCUT2D eigenvalue weighted by Crippen LogP contribution is 2.35. The molecule has 15 heavy (non-hydrogen) atoms. The van der Waals surface area contributed by atoms with Crippen LogP contribution in [0.5, 0.6) is 11.5 Å². The maximum Gasteiger partial charge on any atom is 0.207 e. The smallest absolute Gasteiger partial charge is 0.207 e. The van der Waals surface area contributed by atoms with Crippen molar-refractivity contribution in [2.24, 2.45) is 5.73 Å². The van der Waals surface area contributed by atoms with Crippen LogP contribution in [0, 0.1) is 12.7 Å². The molecule has 4 nitrogen and oxygen atoms in total. The molecule has 4 N–H and O–H groups in total. The average Bonchev–Trinajstić information content (AvgIpc) is 2.24. The number of aryl methyl sites for hydroxylation is 1.